The lowest BCUT2D eigenvalue weighted by Crippen LogP contribution is -2.51. The minimum atomic E-state index is 0.125. The maximum atomic E-state index is 13.1. The van der Waals surface area contributed by atoms with Crippen LogP contribution in [0.2, 0.25) is 0 Å². The van der Waals surface area contributed by atoms with E-state index in [1.807, 2.05) is 12.3 Å². The summed E-state index contributed by atoms with van der Waals surface area (Å²) in [5.74, 6) is 2.67. The second-order valence-corrected chi connectivity index (χ2v) is 12.0. The number of carbonyl (C=O) groups is 1. The fourth-order valence-corrected chi connectivity index (χ4v) is 6.07. The Morgan fingerprint density at radius 3 is 2.46 bits per heavy atom. The van der Waals surface area contributed by atoms with E-state index in [4.69, 9.17) is 9.26 Å². The Labute approximate surface area is 231 Å². The third kappa shape index (κ3) is 6.29. The summed E-state index contributed by atoms with van der Waals surface area (Å²) in [4.78, 5) is 29.0. The van der Waals surface area contributed by atoms with Gasteiger partial charge in [-0.25, -0.2) is 4.98 Å². The Kier molecular flexibility index (Phi) is 7.86. The fraction of sp³-hybridized carbons (Fsp3) is 0.667. The van der Waals surface area contributed by atoms with Crippen LogP contribution in [-0.4, -0.2) is 82.7 Å². The van der Waals surface area contributed by atoms with E-state index in [9.17, 15) is 4.79 Å². The van der Waals surface area contributed by atoms with Crippen LogP contribution >= 0.6 is 0 Å². The topological polar surface area (TPSA) is 87.8 Å². The van der Waals surface area contributed by atoms with Gasteiger partial charge in [0.05, 0.1) is 6.61 Å². The van der Waals surface area contributed by atoms with Gasteiger partial charge in [0.1, 0.15) is 0 Å². The van der Waals surface area contributed by atoms with E-state index in [0.29, 0.717) is 30.3 Å². The summed E-state index contributed by atoms with van der Waals surface area (Å²) < 4.78 is 11.5. The highest BCUT2D eigenvalue weighted by Crippen LogP contribution is 2.33. The van der Waals surface area contributed by atoms with Crippen molar-refractivity contribution in [1.29, 1.82) is 0 Å². The van der Waals surface area contributed by atoms with Crippen LogP contribution in [0.25, 0.3) is 5.57 Å². The van der Waals surface area contributed by atoms with Crippen molar-refractivity contribution in [3.63, 3.8) is 0 Å². The Balaban J connectivity index is 0.933. The molecule has 1 unspecified atom stereocenters. The quantitative estimate of drug-likeness (QED) is 0.493. The number of carbonyl (C=O) groups excluding carboxylic acids is 1. The molecule has 2 aromatic rings. The molecular weight excluding hydrogens is 492 g/mol. The lowest BCUT2D eigenvalue weighted by atomic mass is 9.86. The minimum absolute atomic E-state index is 0.125. The van der Waals surface area contributed by atoms with E-state index in [2.05, 4.69) is 55.8 Å². The van der Waals surface area contributed by atoms with E-state index < -0.39 is 0 Å². The van der Waals surface area contributed by atoms with Crippen molar-refractivity contribution >= 4 is 17.5 Å². The monoisotopic (exact) mass is 534 g/mol. The SMILES string of the molecule is CC(C)c1noc(N2CCC(COc3ccc(C4=CCC(C(=O)N5CCN(C6CC6)CC5)CC4)cn3)CC2)n1. The maximum Gasteiger partial charge on any atom is 0.324 e. The molecule has 2 saturated heterocycles. The first-order valence-corrected chi connectivity index (χ1v) is 14.9. The Morgan fingerprint density at radius 2 is 1.85 bits per heavy atom. The molecule has 0 radical (unpaired) electrons. The van der Waals surface area contributed by atoms with Gasteiger partial charge in [0.2, 0.25) is 11.8 Å². The molecule has 4 heterocycles. The molecule has 0 aromatic carbocycles. The number of anilines is 1. The number of ether oxygens (including phenoxy) is 1. The molecule has 9 heteroatoms. The van der Waals surface area contributed by atoms with Gasteiger partial charge < -0.3 is 19.1 Å². The average molecular weight is 535 g/mol. The smallest absolute Gasteiger partial charge is 0.324 e. The molecule has 1 amide bonds. The first kappa shape index (κ1) is 26.3. The van der Waals surface area contributed by atoms with Crippen molar-refractivity contribution in [2.75, 3.05) is 50.8 Å². The van der Waals surface area contributed by atoms with Gasteiger partial charge >= 0.3 is 6.01 Å². The van der Waals surface area contributed by atoms with Crippen LogP contribution in [0.1, 0.15) is 76.1 Å². The van der Waals surface area contributed by atoms with Crippen molar-refractivity contribution in [3.05, 3.63) is 35.8 Å². The second-order valence-electron chi connectivity index (χ2n) is 12.0. The normalized spacial score (nSPS) is 23.3. The van der Waals surface area contributed by atoms with Crippen molar-refractivity contribution < 1.29 is 14.1 Å². The lowest BCUT2D eigenvalue weighted by molar-refractivity contribution is -0.137. The summed E-state index contributed by atoms with van der Waals surface area (Å²) >= 11 is 0. The number of piperazine rings is 1. The molecule has 39 heavy (non-hydrogen) atoms. The third-order valence-electron chi connectivity index (χ3n) is 8.86. The summed E-state index contributed by atoms with van der Waals surface area (Å²) in [7, 11) is 0. The van der Waals surface area contributed by atoms with Gasteiger partial charge in [-0.1, -0.05) is 25.1 Å². The standard InChI is InChI=1S/C30H42N6O3/c1-21(2)28-32-30(39-33-28)36-13-11-22(12-14-36)20-38-27-10-7-25(19-31-27)23-3-5-24(6-4-23)29(37)35-17-15-34(16-18-35)26-8-9-26/h3,7,10,19,21-22,24,26H,4-6,8-9,11-18,20H2,1-2H3. The molecule has 0 bridgehead atoms. The summed E-state index contributed by atoms with van der Waals surface area (Å²) in [5, 5.41) is 4.08. The van der Waals surface area contributed by atoms with Gasteiger partial charge in [-0.05, 0) is 68.1 Å². The van der Waals surface area contributed by atoms with Crippen LogP contribution in [0, 0.1) is 11.8 Å². The zero-order valence-electron chi connectivity index (χ0n) is 23.4. The van der Waals surface area contributed by atoms with Gasteiger partial charge in [0.25, 0.3) is 0 Å². The summed E-state index contributed by atoms with van der Waals surface area (Å²) in [6.45, 7) is 10.5. The van der Waals surface area contributed by atoms with Crippen molar-refractivity contribution in [2.45, 2.75) is 70.8 Å². The largest absolute Gasteiger partial charge is 0.477 e. The van der Waals surface area contributed by atoms with E-state index in [0.717, 1.165) is 88.8 Å². The van der Waals surface area contributed by atoms with E-state index in [1.54, 1.807) is 0 Å². The molecule has 3 fully saturated rings. The first-order valence-electron chi connectivity index (χ1n) is 14.9. The van der Waals surface area contributed by atoms with Crippen LogP contribution < -0.4 is 9.64 Å². The maximum absolute atomic E-state index is 13.1. The second kappa shape index (κ2) is 11.7. The molecule has 0 N–H and O–H groups in total. The van der Waals surface area contributed by atoms with Gasteiger partial charge in [-0.2, -0.15) is 4.98 Å². The highest BCUT2D eigenvalue weighted by atomic mass is 16.5. The van der Waals surface area contributed by atoms with Crippen LogP contribution in [0.15, 0.2) is 28.9 Å². The number of amides is 1. The fourth-order valence-electron chi connectivity index (χ4n) is 6.07. The van der Waals surface area contributed by atoms with Crippen LogP contribution in [0.5, 0.6) is 5.88 Å². The predicted octanol–water partition coefficient (Wildman–Crippen LogP) is 4.37. The zero-order valence-corrected chi connectivity index (χ0v) is 23.4. The van der Waals surface area contributed by atoms with Crippen molar-refractivity contribution in [1.82, 2.24) is 24.9 Å². The summed E-state index contributed by atoms with van der Waals surface area (Å²) in [6, 6.07) is 5.52. The summed E-state index contributed by atoms with van der Waals surface area (Å²) in [6.07, 6.45) is 11.6. The number of nitrogens with zero attached hydrogens (tertiary/aromatic N) is 6. The molecular formula is C30H42N6O3. The molecule has 1 atom stereocenters. The number of aromatic nitrogens is 3. The van der Waals surface area contributed by atoms with E-state index in [1.165, 1.54) is 18.4 Å². The number of rotatable bonds is 8. The van der Waals surface area contributed by atoms with Gasteiger partial charge in [-0.15, -0.1) is 0 Å². The highest BCUT2D eigenvalue weighted by Gasteiger charge is 2.34. The molecule has 210 valence electrons. The van der Waals surface area contributed by atoms with Crippen LogP contribution in [0.3, 0.4) is 0 Å². The predicted molar refractivity (Wildman–Crippen MR) is 150 cm³/mol. The molecule has 1 saturated carbocycles. The molecule has 2 aliphatic carbocycles. The average Bonchev–Trinajstić information content (AvgIpc) is 3.72. The van der Waals surface area contributed by atoms with Crippen molar-refractivity contribution in [2.24, 2.45) is 11.8 Å². The van der Waals surface area contributed by atoms with Crippen LogP contribution in [0.4, 0.5) is 6.01 Å². The molecule has 9 nitrogen and oxygen atoms in total. The Morgan fingerprint density at radius 1 is 1.05 bits per heavy atom. The van der Waals surface area contributed by atoms with E-state index in [-0.39, 0.29) is 11.8 Å². The van der Waals surface area contributed by atoms with Gasteiger partial charge in [0.15, 0.2) is 5.82 Å². The zero-order chi connectivity index (χ0) is 26.8. The molecule has 4 aliphatic rings. The lowest BCUT2D eigenvalue weighted by Gasteiger charge is -2.37. The number of piperidine rings is 1. The molecule has 2 aliphatic heterocycles. The number of hydrogen-bond acceptors (Lipinski definition) is 8. The Hall–Kier alpha value is -2.94. The first-order chi connectivity index (χ1) is 19.0. The van der Waals surface area contributed by atoms with E-state index >= 15 is 0 Å². The summed E-state index contributed by atoms with van der Waals surface area (Å²) in [5.41, 5.74) is 2.44. The number of hydrogen-bond donors (Lipinski definition) is 0. The van der Waals surface area contributed by atoms with Crippen molar-refractivity contribution in [3.8, 4) is 5.88 Å². The Bertz CT molecular complexity index is 1140. The van der Waals surface area contributed by atoms with Gasteiger partial charge in [0, 0.05) is 69.4 Å². The molecule has 0 spiro atoms. The minimum Gasteiger partial charge on any atom is -0.477 e. The third-order valence-corrected chi connectivity index (χ3v) is 8.86. The number of pyridine rings is 1. The van der Waals surface area contributed by atoms with Gasteiger partial charge in [-0.3, -0.25) is 9.69 Å². The number of allylic oxidation sites excluding steroid dienone is 2. The molecule has 2 aromatic heterocycles. The highest BCUT2D eigenvalue weighted by molar-refractivity contribution is 5.80. The molecule has 6 rings (SSSR count). The van der Waals surface area contributed by atoms with Crippen LogP contribution in [-0.2, 0) is 4.79 Å².